The van der Waals surface area contributed by atoms with Crippen LogP contribution in [-0.2, 0) is 16.7 Å². The number of rotatable bonds is 8. The van der Waals surface area contributed by atoms with Crippen molar-refractivity contribution in [1.82, 2.24) is 0 Å². The molecule has 1 aromatic carbocycles. The molecule has 1 N–H and O–H groups in total. The van der Waals surface area contributed by atoms with E-state index in [-0.39, 0.29) is 5.75 Å². The molecule has 9 heteroatoms. The molecular formula is C15H21N4O4S+. The van der Waals surface area contributed by atoms with Crippen molar-refractivity contribution in [3.05, 3.63) is 36.6 Å². The van der Waals surface area contributed by atoms with E-state index >= 15 is 0 Å². The fraction of sp³-hybridized carbons (Fsp3) is 0.400. The van der Waals surface area contributed by atoms with Gasteiger partial charge in [-0.1, -0.05) is 4.74 Å². The Morgan fingerprint density at radius 3 is 2.46 bits per heavy atom. The molecule has 0 atom stereocenters. The molecule has 0 bridgehead atoms. The van der Waals surface area contributed by atoms with Gasteiger partial charge in [0.25, 0.3) is 10.1 Å². The summed E-state index contributed by atoms with van der Waals surface area (Å²) in [6.07, 6.45) is 2.37. The Morgan fingerprint density at radius 1 is 1.12 bits per heavy atom. The normalized spacial score (nSPS) is 12.0. The van der Waals surface area contributed by atoms with Crippen LogP contribution in [0.4, 0.5) is 17.2 Å². The zero-order valence-electron chi connectivity index (χ0n) is 13.7. The summed E-state index contributed by atoms with van der Waals surface area (Å²) in [7, 11) is 0.0139. The maximum absolute atomic E-state index is 10.7. The number of hydrogen-bond donors (Lipinski definition) is 1. The highest BCUT2D eigenvalue weighted by Gasteiger charge is 2.14. The minimum atomic E-state index is -3.92. The summed E-state index contributed by atoms with van der Waals surface area (Å²) in [5.41, 5.74) is 1.80. The first-order valence-corrected chi connectivity index (χ1v) is 9.08. The predicted molar refractivity (Wildman–Crippen MR) is 89.5 cm³/mol. The highest BCUT2D eigenvalue weighted by molar-refractivity contribution is 7.85. The van der Waals surface area contributed by atoms with Gasteiger partial charge in [-0.3, -0.25) is 4.55 Å². The van der Waals surface area contributed by atoms with Gasteiger partial charge in [-0.15, -0.1) is 0 Å². The van der Waals surface area contributed by atoms with Gasteiger partial charge in [0, 0.05) is 19.8 Å². The van der Waals surface area contributed by atoms with Crippen molar-refractivity contribution in [3.8, 4) is 0 Å². The van der Waals surface area contributed by atoms with E-state index in [0.29, 0.717) is 25.2 Å². The SMILES string of the molecule is CN(C)c1ccc(N=Nc2cco[n+]2CCCCS(=O)(=O)O)cc1. The molecule has 2 aromatic rings. The Balaban J connectivity index is 1.94. The van der Waals surface area contributed by atoms with Crippen LogP contribution in [0.2, 0.25) is 0 Å². The second-order valence-electron chi connectivity index (χ2n) is 5.47. The summed E-state index contributed by atoms with van der Waals surface area (Å²) in [5.74, 6) is 0.280. The molecule has 2 rings (SSSR count). The molecule has 0 fully saturated rings. The van der Waals surface area contributed by atoms with Gasteiger partial charge < -0.3 is 9.42 Å². The lowest BCUT2D eigenvalue weighted by Gasteiger charge is -2.11. The van der Waals surface area contributed by atoms with Crippen molar-refractivity contribution in [2.45, 2.75) is 19.4 Å². The van der Waals surface area contributed by atoms with E-state index in [9.17, 15) is 8.42 Å². The van der Waals surface area contributed by atoms with Crippen LogP contribution in [-0.4, -0.2) is 32.8 Å². The van der Waals surface area contributed by atoms with Gasteiger partial charge in [0.2, 0.25) is 0 Å². The molecule has 0 unspecified atom stereocenters. The van der Waals surface area contributed by atoms with E-state index in [1.807, 2.05) is 43.3 Å². The second kappa shape index (κ2) is 8.02. The third-order valence-electron chi connectivity index (χ3n) is 3.31. The molecule has 0 aliphatic carbocycles. The number of unbranched alkanes of at least 4 members (excludes halogenated alkanes) is 1. The summed E-state index contributed by atoms with van der Waals surface area (Å²) in [4.78, 5) is 2.00. The van der Waals surface area contributed by atoms with Gasteiger partial charge >= 0.3 is 5.82 Å². The van der Waals surface area contributed by atoms with Crippen LogP contribution < -0.4 is 9.64 Å². The first kappa shape index (κ1) is 18.1. The Kier molecular flexibility index (Phi) is 6.04. The highest BCUT2D eigenvalue weighted by atomic mass is 32.2. The number of aryl methyl sites for hydroxylation is 1. The van der Waals surface area contributed by atoms with E-state index in [0.717, 1.165) is 11.4 Å². The van der Waals surface area contributed by atoms with Gasteiger partial charge in [-0.25, -0.2) is 0 Å². The minimum Gasteiger partial charge on any atom is -0.378 e. The molecule has 24 heavy (non-hydrogen) atoms. The summed E-state index contributed by atoms with van der Waals surface area (Å²) in [5, 5.41) is 8.32. The van der Waals surface area contributed by atoms with Gasteiger partial charge in [0.1, 0.15) is 12.2 Å². The number of azo groups is 1. The van der Waals surface area contributed by atoms with Crippen LogP contribution in [0.1, 0.15) is 12.8 Å². The third-order valence-corrected chi connectivity index (χ3v) is 4.11. The molecule has 0 spiro atoms. The average Bonchev–Trinajstić information content (AvgIpc) is 2.96. The van der Waals surface area contributed by atoms with Gasteiger partial charge in [0.15, 0.2) is 6.26 Å². The highest BCUT2D eigenvalue weighted by Crippen LogP contribution is 2.20. The lowest BCUT2D eigenvalue weighted by Crippen LogP contribution is -2.31. The van der Waals surface area contributed by atoms with Crippen LogP contribution in [0.15, 0.2) is 51.3 Å². The molecule has 0 amide bonds. The van der Waals surface area contributed by atoms with Crippen LogP contribution in [0.25, 0.3) is 0 Å². The predicted octanol–water partition coefficient (Wildman–Crippen LogP) is 2.72. The third kappa shape index (κ3) is 5.74. The minimum absolute atomic E-state index is 0.261. The molecule has 130 valence electrons. The first-order valence-electron chi connectivity index (χ1n) is 7.47. The van der Waals surface area contributed by atoms with Crippen LogP contribution in [0.5, 0.6) is 0 Å². The number of anilines is 1. The average molecular weight is 353 g/mol. The summed E-state index contributed by atoms with van der Waals surface area (Å²) < 4.78 is 36.9. The molecule has 0 saturated heterocycles. The molecule has 0 aliphatic rings. The lowest BCUT2D eigenvalue weighted by molar-refractivity contribution is -0.853. The standard InChI is InChI=1S/C15H20N4O4S/c1-18(2)14-7-5-13(6-8-14)16-17-15-9-11-23-19(15)10-3-4-12-24(20,21)22/h5-9,11H,3-4,10,12H2,1-2H3/p+1. The van der Waals surface area contributed by atoms with Crippen molar-refractivity contribution in [2.75, 3.05) is 24.7 Å². The zero-order valence-corrected chi connectivity index (χ0v) is 14.5. The first-order chi connectivity index (χ1) is 11.3. The largest absolute Gasteiger partial charge is 0.387 e. The maximum Gasteiger partial charge on any atom is 0.387 e. The molecule has 8 nitrogen and oxygen atoms in total. The van der Waals surface area contributed by atoms with Gasteiger partial charge in [0.05, 0.1) is 16.9 Å². The molecule has 0 aliphatic heterocycles. The van der Waals surface area contributed by atoms with Crippen molar-refractivity contribution < 1.29 is 22.2 Å². The quantitative estimate of drug-likeness (QED) is 0.340. The molecule has 1 aromatic heterocycles. The maximum atomic E-state index is 10.7. The number of nitrogens with zero attached hydrogens (tertiary/aromatic N) is 4. The number of aromatic nitrogens is 1. The number of hydrogen-bond acceptors (Lipinski definition) is 6. The van der Waals surface area contributed by atoms with Crippen molar-refractivity contribution in [3.63, 3.8) is 0 Å². The fourth-order valence-corrected chi connectivity index (χ4v) is 2.59. The molecule has 0 radical (unpaired) electrons. The van der Waals surface area contributed by atoms with E-state index in [4.69, 9.17) is 9.08 Å². The van der Waals surface area contributed by atoms with Crippen LogP contribution >= 0.6 is 0 Å². The lowest BCUT2D eigenvalue weighted by atomic mass is 10.3. The summed E-state index contributed by atoms with van der Waals surface area (Å²) in [6, 6.07) is 9.32. The van der Waals surface area contributed by atoms with Crippen molar-refractivity contribution >= 4 is 27.3 Å². The van der Waals surface area contributed by atoms with Gasteiger partial charge in [-0.2, -0.15) is 8.42 Å². The molecular weight excluding hydrogens is 332 g/mol. The number of benzene rings is 1. The zero-order chi connectivity index (χ0) is 17.6. The fourth-order valence-electron chi connectivity index (χ4n) is 2.02. The Bertz CT molecular complexity index is 782. The van der Waals surface area contributed by atoms with Crippen LogP contribution in [0.3, 0.4) is 0 Å². The van der Waals surface area contributed by atoms with E-state index < -0.39 is 10.1 Å². The van der Waals surface area contributed by atoms with E-state index in [2.05, 4.69) is 10.2 Å². The van der Waals surface area contributed by atoms with Crippen LogP contribution in [0, 0.1) is 0 Å². The van der Waals surface area contributed by atoms with Gasteiger partial charge in [-0.05, 0) is 42.2 Å². The Morgan fingerprint density at radius 2 is 1.83 bits per heavy atom. The Labute approximate surface area is 141 Å². The molecule has 0 saturated carbocycles. The monoisotopic (exact) mass is 353 g/mol. The summed E-state index contributed by atoms with van der Waals surface area (Å²) >= 11 is 0. The Hall–Kier alpha value is -2.26. The topological polar surface area (TPSA) is 99.4 Å². The summed E-state index contributed by atoms with van der Waals surface area (Å²) in [6.45, 7) is 0.455. The van der Waals surface area contributed by atoms with E-state index in [1.165, 1.54) is 11.0 Å². The van der Waals surface area contributed by atoms with E-state index in [1.54, 1.807) is 6.07 Å². The second-order valence-corrected chi connectivity index (χ2v) is 7.04. The smallest absolute Gasteiger partial charge is 0.378 e. The van der Waals surface area contributed by atoms with Crippen molar-refractivity contribution in [1.29, 1.82) is 0 Å². The van der Waals surface area contributed by atoms with Crippen molar-refractivity contribution in [2.24, 2.45) is 10.2 Å². The molecule has 1 heterocycles.